The molecule has 0 amide bonds. The van der Waals surface area contributed by atoms with Gasteiger partial charge in [0, 0.05) is 6.08 Å². The second-order valence-corrected chi connectivity index (χ2v) is 8.58. The van der Waals surface area contributed by atoms with Crippen molar-refractivity contribution >= 4 is 37.5 Å². The van der Waals surface area contributed by atoms with Gasteiger partial charge in [-0.25, -0.2) is 22.9 Å². The summed E-state index contributed by atoms with van der Waals surface area (Å²) in [6.45, 7) is 8.34. The first kappa shape index (κ1) is 17.6. The van der Waals surface area contributed by atoms with Crippen LogP contribution in [0.3, 0.4) is 0 Å². The van der Waals surface area contributed by atoms with Crippen molar-refractivity contribution in [2.75, 3.05) is 6.61 Å². The molecule has 0 unspecified atom stereocenters. The molecule has 1 heterocycles. The van der Waals surface area contributed by atoms with E-state index in [-0.39, 0.29) is 11.5 Å². The maximum absolute atomic E-state index is 12.5. The number of thiazole rings is 1. The number of nitrogens with zero attached hydrogens (tertiary/aromatic N) is 1. The van der Waals surface area contributed by atoms with Crippen LogP contribution in [0.1, 0.15) is 18.9 Å². The smallest absolute Gasteiger partial charge is 0.330 e. The monoisotopic (exact) mass is 354 g/mol. The number of benzene rings is 1. The molecule has 0 saturated carbocycles. The van der Waals surface area contributed by atoms with Crippen molar-refractivity contribution in [2.45, 2.75) is 31.2 Å². The first-order valence-electron chi connectivity index (χ1n) is 6.83. The van der Waals surface area contributed by atoms with E-state index in [0.717, 1.165) is 21.3 Å². The van der Waals surface area contributed by atoms with Crippen molar-refractivity contribution < 1.29 is 17.9 Å². The molecule has 0 aliphatic carbocycles. The fourth-order valence-electron chi connectivity index (χ4n) is 1.95. The molecule has 1 aromatic carbocycles. The number of ether oxygens (including phenoxy) is 1. The van der Waals surface area contributed by atoms with Gasteiger partial charge in [-0.2, -0.15) is 0 Å². The molecule has 0 spiro atoms. The summed E-state index contributed by atoms with van der Waals surface area (Å²) in [6.07, 6.45) is 1.03. The molecule has 124 valence electrons. The molecular weight excluding hydrogens is 336 g/mol. The quantitative estimate of drug-likeness (QED) is 0.636. The van der Waals surface area contributed by atoms with Gasteiger partial charge in [-0.15, -0.1) is 11.3 Å². The molecule has 8 heteroatoms. The predicted octanol–water partition coefficient (Wildman–Crippen LogP) is 2.39. The molecule has 0 aliphatic heterocycles. The Morgan fingerprint density at radius 3 is 2.83 bits per heavy atom. The van der Waals surface area contributed by atoms with Gasteiger partial charge in [0.15, 0.2) is 0 Å². The fourth-order valence-corrected chi connectivity index (χ4v) is 4.32. The molecule has 1 aromatic heterocycles. The van der Waals surface area contributed by atoms with Crippen LogP contribution >= 0.6 is 11.3 Å². The molecule has 23 heavy (non-hydrogen) atoms. The molecule has 0 fully saturated rings. The van der Waals surface area contributed by atoms with E-state index < -0.39 is 21.5 Å². The van der Waals surface area contributed by atoms with E-state index in [1.807, 2.05) is 6.92 Å². The third kappa shape index (κ3) is 4.37. The summed E-state index contributed by atoms with van der Waals surface area (Å²) in [5.41, 5.74) is -0.179. The van der Waals surface area contributed by atoms with Crippen molar-refractivity contribution in [1.82, 2.24) is 9.71 Å². The Labute approximate surface area is 139 Å². The molecule has 2 rings (SSSR count). The Balaban J connectivity index is 2.21. The van der Waals surface area contributed by atoms with Crippen LogP contribution in [0.2, 0.25) is 0 Å². The summed E-state index contributed by atoms with van der Waals surface area (Å²) in [5.74, 6) is -0.598. The second kappa shape index (κ2) is 6.38. The minimum atomic E-state index is -3.74. The lowest BCUT2D eigenvalue weighted by atomic mass is 10.1. The Hall–Kier alpha value is -1.77. The second-order valence-electron chi connectivity index (χ2n) is 5.66. The van der Waals surface area contributed by atoms with Crippen LogP contribution in [0.25, 0.3) is 10.2 Å². The van der Waals surface area contributed by atoms with Crippen LogP contribution in [-0.4, -0.2) is 31.5 Å². The zero-order valence-corrected chi connectivity index (χ0v) is 14.8. The third-order valence-corrected chi connectivity index (χ3v) is 5.56. The van der Waals surface area contributed by atoms with E-state index in [4.69, 9.17) is 4.74 Å². The highest BCUT2D eigenvalue weighted by atomic mass is 32.2. The minimum absolute atomic E-state index is 0.0982. The number of sulfonamides is 1. The molecule has 0 bridgehead atoms. The number of rotatable bonds is 6. The van der Waals surface area contributed by atoms with Gasteiger partial charge in [0.1, 0.15) is 6.61 Å². The normalized spacial score (nSPS) is 12.3. The maximum Gasteiger partial charge on any atom is 0.330 e. The molecule has 0 saturated heterocycles. The number of fused-ring (bicyclic) bond motifs is 1. The highest BCUT2D eigenvalue weighted by Crippen LogP contribution is 2.25. The van der Waals surface area contributed by atoms with E-state index in [0.29, 0.717) is 0 Å². The molecule has 0 atom stereocenters. The van der Waals surface area contributed by atoms with Crippen LogP contribution in [0.15, 0.2) is 35.7 Å². The summed E-state index contributed by atoms with van der Waals surface area (Å²) >= 11 is 1.43. The SMILES string of the molecule is C=CC(=O)OCC(C)(C)NS(=O)(=O)c1ccc2nc(C)sc2c1. The number of aryl methyl sites for hydroxylation is 1. The van der Waals surface area contributed by atoms with Gasteiger partial charge >= 0.3 is 5.97 Å². The van der Waals surface area contributed by atoms with E-state index in [1.54, 1.807) is 26.0 Å². The number of nitrogens with one attached hydrogen (secondary N) is 1. The molecule has 2 aromatic rings. The van der Waals surface area contributed by atoms with Crippen molar-refractivity contribution in [1.29, 1.82) is 0 Å². The first-order chi connectivity index (χ1) is 10.6. The highest BCUT2D eigenvalue weighted by Gasteiger charge is 2.28. The lowest BCUT2D eigenvalue weighted by Crippen LogP contribution is -2.47. The Bertz CT molecular complexity index is 853. The minimum Gasteiger partial charge on any atom is -0.461 e. The number of aromatic nitrogens is 1. The third-order valence-electron chi connectivity index (χ3n) is 2.93. The van der Waals surface area contributed by atoms with Gasteiger partial charge in [-0.3, -0.25) is 0 Å². The Kier molecular flexibility index (Phi) is 4.88. The van der Waals surface area contributed by atoms with Crippen molar-refractivity contribution in [3.8, 4) is 0 Å². The number of hydrogen-bond donors (Lipinski definition) is 1. The van der Waals surface area contributed by atoms with Crippen LogP contribution < -0.4 is 4.72 Å². The van der Waals surface area contributed by atoms with E-state index in [9.17, 15) is 13.2 Å². The largest absolute Gasteiger partial charge is 0.461 e. The van der Waals surface area contributed by atoms with Crippen LogP contribution in [0, 0.1) is 6.92 Å². The lowest BCUT2D eigenvalue weighted by molar-refractivity contribution is -0.139. The number of esters is 1. The number of carbonyl (C=O) groups excluding carboxylic acids is 1. The van der Waals surface area contributed by atoms with Gasteiger partial charge < -0.3 is 4.74 Å². The van der Waals surface area contributed by atoms with Gasteiger partial charge in [0.25, 0.3) is 0 Å². The summed E-state index contributed by atoms with van der Waals surface area (Å²) < 4.78 is 33.3. The zero-order valence-electron chi connectivity index (χ0n) is 13.1. The Morgan fingerprint density at radius 2 is 2.17 bits per heavy atom. The highest BCUT2D eigenvalue weighted by molar-refractivity contribution is 7.89. The van der Waals surface area contributed by atoms with Crippen molar-refractivity contribution in [3.05, 3.63) is 35.9 Å². The van der Waals surface area contributed by atoms with Crippen molar-refractivity contribution in [2.24, 2.45) is 0 Å². The van der Waals surface area contributed by atoms with E-state index in [2.05, 4.69) is 16.3 Å². The van der Waals surface area contributed by atoms with Crippen LogP contribution in [-0.2, 0) is 19.6 Å². The average molecular weight is 354 g/mol. The molecule has 0 aliphatic rings. The van der Waals surface area contributed by atoms with E-state index in [1.165, 1.54) is 17.4 Å². The van der Waals surface area contributed by atoms with Crippen LogP contribution in [0.5, 0.6) is 0 Å². The van der Waals surface area contributed by atoms with Gasteiger partial charge in [-0.1, -0.05) is 6.58 Å². The predicted molar refractivity (Wildman–Crippen MR) is 89.9 cm³/mol. The number of carbonyl (C=O) groups is 1. The summed E-state index contributed by atoms with van der Waals surface area (Å²) in [7, 11) is -3.74. The summed E-state index contributed by atoms with van der Waals surface area (Å²) in [5, 5.41) is 0.874. The average Bonchev–Trinajstić information content (AvgIpc) is 2.82. The summed E-state index contributed by atoms with van der Waals surface area (Å²) in [6, 6.07) is 4.78. The van der Waals surface area contributed by atoms with Gasteiger partial charge in [-0.05, 0) is 39.0 Å². The van der Waals surface area contributed by atoms with E-state index >= 15 is 0 Å². The molecule has 1 N–H and O–H groups in total. The lowest BCUT2D eigenvalue weighted by Gasteiger charge is -2.25. The van der Waals surface area contributed by atoms with Gasteiger partial charge in [0.2, 0.25) is 10.0 Å². The maximum atomic E-state index is 12.5. The fraction of sp³-hybridized carbons (Fsp3) is 0.333. The number of hydrogen-bond acceptors (Lipinski definition) is 6. The molecular formula is C15H18N2O4S2. The summed E-state index contributed by atoms with van der Waals surface area (Å²) in [4.78, 5) is 15.6. The molecule has 0 radical (unpaired) electrons. The van der Waals surface area contributed by atoms with Gasteiger partial charge in [0.05, 0.1) is 25.7 Å². The standard InChI is InChI=1S/C15H18N2O4S2/c1-5-14(18)21-9-15(3,4)17-23(19,20)11-6-7-12-13(8-11)22-10(2)16-12/h5-8,17H,1,9H2,2-4H3. The zero-order chi connectivity index (χ0) is 17.3. The van der Waals surface area contributed by atoms with Crippen LogP contribution in [0.4, 0.5) is 0 Å². The van der Waals surface area contributed by atoms with Crippen molar-refractivity contribution in [3.63, 3.8) is 0 Å². The molecule has 6 nitrogen and oxygen atoms in total. The Morgan fingerprint density at radius 1 is 1.48 bits per heavy atom. The topological polar surface area (TPSA) is 85.4 Å². The first-order valence-corrected chi connectivity index (χ1v) is 9.13.